The van der Waals surface area contributed by atoms with E-state index in [1.54, 1.807) is 24.3 Å². The number of thiazole rings is 1. The van der Waals surface area contributed by atoms with E-state index in [-0.39, 0.29) is 24.7 Å². The molecule has 2 N–H and O–H groups in total. The largest absolute Gasteiger partial charge is 0.465 e. The van der Waals surface area contributed by atoms with Crippen molar-refractivity contribution in [1.82, 2.24) is 15.0 Å². The van der Waals surface area contributed by atoms with E-state index in [2.05, 4.69) is 19.8 Å². The van der Waals surface area contributed by atoms with Crippen molar-refractivity contribution >= 4 is 39.7 Å². The van der Waals surface area contributed by atoms with Crippen molar-refractivity contribution in [1.29, 1.82) is 0 Å². The van der Waals surface area contributed by atoms with Crippen LogP contribution in [0.3, 0.4) is 0 Å². The minimum absolute atomic E-state index is 0. The topological polar surface area (TPSA) is 97.4 Å². The van der Waals surface area contributed by atoms with Crippen molar-refractivity contribution in [3.63, 3.8) is 0 Å². The lowest BCUT2D eigenvalue weighted by atomic mass is 10.1. The van der Waals surface area contributed by atoms with Gasteiger partial charge in [-0.3, -0.25) is 0 Å². The summed E-state index contributed by atoms with van der Waals surface area (Å²) in [5.41, 5.74) is 2.20. The molecular weight excluding hydrogens is 398 g/mol. The van der Waals surface area contributed by atoms with E-state index in [4.69, 9.17) is 0 Å². The van der Waals surface area contributed by atoms with Gasteiger partial charge in [-0.2, -0.15) is 0 Å². The summed E-state index contributed by atoms with van der Waals surface area (Å²) >= 11 is 1.45. The number of sulfonamides is 1. The molecule has 2 aromatic rings. The number of halogens is 1. The number of fused-ring (bicyclic) bond motifs is 1. The number of carbonyl (C=O) groups excluding carboxylic acids is 1. The second-order valence-corrected chi connectivity index (χ2v) is 8.65. The summed E-state index contributed by atoms with van der Waals surface area (Å²) in [5.74, 6) is -0.542. The molecule has 0 aliphatic carbocycles. The highest BCUT2D eigenvalue weighted by atomic mass is 35.5. The van der Waals surface area contributed by atoms with Crippen LogP contribution in [0.2, 0.25) is 0 Å². The highest BCUT2D eigenvalue weighted by molar-refractivity contribution is 7.88. The van der Waals surface area contributed by atoms with Crippen molar-refractivity contribution < 1.29 is 17.9 Å². The maximum absolute atomic E-state index is 12.3. The third-order valence-corrected chi connectivity index (χ3v) is 6.35. The summed E-state index contributed by atoms with van der Waals surface area (Å²) in [6.07, 6.45) is 0.839. The van der Waals surface area contributed by atoms with Gasteiger partial charge in [-0.1, -0.05) is 12.1 Å². The Morgan fingerprint density at radius 3 is 2.73 bits per heavy atom. The second-order valence-electron chi connectivity index (χ2n) is 5.67. The van der Waals surface area contributed by atoms with Crippen molar-refractivity contribution in [2.24, 2.45) is 0 Å². The smallest absolute Gasteiger partial charge is 0.337 e. The zero-order valence-corrected chi connectivity index (χ0v) is 16.6. The average Bonchev–Trinajstić information content (AvgIpc) is 3.01. The number of nitrogens with zero attached hydrogens (tertiary/aromatic N) is 1. The van der Waals surface area contributed by atoms with Gasteiger partial charge in [0.15, 0.2) is 0 Å². The number of rotatable bonds is 6. The number of hydrogen-bond acceptors (Lipinski definition) is 7. The minimum Gasteiger partial charge on any atom is -0.465 e. The van der Waals surface area contributed by atoms with Crippen LogP contribution in [0, 0.1) is 0 Å². The minimum atomic E-state index is -3.48. The van der Waals surface area contributed by atoms with Crippen LogP contribution < -0.4 is 10.0 Å². The Morgan fingerprint density at radius 1 is 1.35 bits per heavy atom. The Balaban J connectivity index is 0.00000243. The highest BCUT2D eigenvalue weighted by Crippen LogP contribution is 2.22. The van der Waals surface area contributed by atoms with Gasteiger partial charge < -0.3 is 10.1 Å². The van der Waals surface area contributed by atoms with Crippen molar-refractivity contribution in [2.75, 3.05) is 13.7 Å². The number of benzene rings is 1. The van der Waals surface area contributed by atoms with Gasteiger partial charge in [0.2, 0.25) is 10.0 Å². The molecule has 0 unspecified atom stereocenters. The summed E-state index contributed by atoms with van der Waals surface area (Å²) in [6.45, 7) is 1.80. The second kappa shape index (κ2) is 8.92. The summed E-state index contributed by atoms with van der Waals surface area (Å²) in [5, 5.41) is 3.87. The summed E-state index contributed by atoms with van der Waals surface area (Å²) in [4.78, 5) is 16.9. The number of ether oxygens (including phenoxy) is 1. The first-order chi connectivity index (χ1) is 12.0. The Morgan fingerprint density at radius 2 is 2.08 bits per heavy atom. The van der Waals surface area contributed by atoms with Crippen LogP contribution in [0.1, 0.15) is 31.5 Å². The predicted molar refractivity (Wildman–Crippen MR) is 102 cm³/mol. The molecule has 0 fully saturated rings. The molecular formula is C16H20ClN3O4S2. The first-order valence-corrected chi connectivity index (χ1v) is 10.3. The molecule has 1 aromatic heterocycles. The highest BCUT2D eigenvalue weighted by Gasteiger charge is 2.19. The van der Waals surface area contributed by atoms with E-state index in [0.717, 1.165) is 35.6 Å². The summed E-state index contributed by atoms with van der Waals surface area (Å²) in [6, 6.07) is 6.61. The number of hydrogen-bond donors (Lipinski definition) is 2. The molecule has 142 valence electrons. The van der Waals surface area contributed by atoms with Crippen LogP contribution in [-0.4, -0.2) is 33.0 Å². The molecule has 7 nitrogen and oxygen atoms in total. The molecule has 0 saturated carbocycles. The first-order valence-electron chi connectivity index (χ1n) is 7.79. The van der Waals surface area contributed by atoms with E-state index in [9.17, 15) is 13.2 Å². The van der Waals surface area contributed by atoms with Gasteiger partial charge in [-0.15, -0.1) is 23.7 Å². The lowest BCUT2D eigenvalue weighted by Gasteiger charge is -2.09. The van der Waals surface area contributed by atoms with Crippen LogP contribution in [0.5, 0.6) is 0 Å². The fourth-order valence-corrected chi connectivity index (χ4v) is 4.98. The SMILES string of the molecule is COC(=O)c1ccc(CNS(=O)(=O)Cc2nc3c(s2)CNCC3)cc1.Cl. The molecule has 10 heteroatoms. The van der Waals surface area contributed by atoms with Crippen LogP contribution in [0.15, 0.2) is 24.3 Å². The predicted octanol–water partition coefficient (Wildman–Crippen LogP) is 1.62. The Bertz CT molecular complexity index is 843. The quantitative estimate of drug-likeness (QED) is 0.693. The Hall–Kier alpha value is -1.52. The van der Waals surface area contributed by atoms with E-state index in [1.165, 1.54) is 18.4 Å². The molecule has 0 spiro atoms. The molecule has 0 bridgehead atoms. The van der Waals surface area contributed by atoms with Gasteiger partial charge in [-0.05, 0) is 17.7 Å². The van der Waals surface area contributed by atoms with Gasteiger partial charge in [0.25, 0.3) is 0 Å². The van der Waals surface area contributed by atoms with Crippen LogP contribution in [0.4, 0.5) is 0 Å². The molecule has 1 aromatic carbocycles. The molecule has 0 amide bonds. The van der Waals surface area contributed by atoms with Gasteiger partial charge in [0, 0.05) is 30.9 Å². The number of esters is 1. The zero-order valence-electron chi connectivity index (χ0n) is 14.1. The number of carbonyl (C=O) groups is 1. The first kappa shape index (κ1) is 20.8. The van der Waals surface area contributed by atoms with Crippen LogP contribution >= 0.6 is 23.7 Å². The van der Waals surface area contributed by atoms with Gasteiger partial charge in [0.1, 0.15) is 10.8 Å². The van der Waals surface area contributed by atoms with Crippen LogP contribution in [0.25, 0.3) is 0 Å². The standard InChI is InChI=1S/C16H19N3O4S2.ClH/c1-23-16(20)12-4-2-11(3-5-12)8-18-25(21,22)10-15-19-13-6-7-17-9-14(13)24-15;/h2-5,17-18H,6-10H2,1H3;1H. The number of nitrogens with one attached hydrogen (secondary N) is 2. The van der Waals surface area contributed by atoms with Gasteiger partial charge >= 0.3 is 5.97 Å². The molecule has 2 heterocycles. The number of aromatic nitrogens is 1. The third-order valence-electron chi connectivity index (χ3n) is 3.83. The third kappa shape index (κ3) is 5.24. The molecule has 1 aliphatic heterocycles. The monoisotopic (exact) mass is 417 g/mol. The lowest BCUT2D eigenvalue weighted by Crippen LogP contribution is -2.24. The van der Waals surface area contributed by atoms with Crippen molar-refractivity contribution in [3.05, 3.63) is 51.0 Å². The van der Waals surface area contributed by atoms with E-state index in [1.807, 2.05) is 0 Å². The molecule has 0 saturated heterocycles. The van der Waals surface area contributed by atoms with Crippen LogP contribution in [-0.2, 0) is 40.0 Å². The maximum atomic E-state index is 12.3. The maximum Gasteiger partial charge on any atom is 0.337 e. The molecule has 1 aliphatic rings. The van der Waals surface area contributed by atoms with Crippen molar-refractivity contribution in [2.45, 2.75) is 25.3 Å². The van der Waals surface area contributed by atoms with E-state index >= 15 is 0 Å². The number of methoxy groups -OCH3 is 1. The van der Waals surface area contributed by atoms with E-state index in [0.29, 0.717) is 10.6 Å². The van der Waals surface area contributed by atoms with E-state index < -0.39 is 16.0 Å². The summed E-state index contributed by atoms with van der Waals surface area (Å²) in [7, 11) is -2.16. The Kier molecular flexibility index (Phi) is 7.13. The zero-order chi connectivity index (χ0) is 17.9. The Labute approximate surface area is 162 Å². The molecule has 0 atom stereocenters. The fourth-order valence-electron chi connectivity index (χ4n) is 2.52. The van der Waals surface area contributed by atoms with Crippen molar-refractivity contribution in [3.8, 4) is 0 Å². The normalized spacial score (nSPS) is 13.6. The average molecular weight is 418 g/mol. The summed E-state index contributed by atoms with van der Waals surface area (Å²) < 4.78 is 31.8. The fraction of sp³-hybridized carbons (Fsp3) is 0.375. The molecule has 3 rings (SSSR count). The van der Waals surface area contributed by atoms with Gasteiger partial charge in [-0.25, -0.2) is 22.9 Å². The van der Waals surface area contributed by atoms with Gasteiger partial charge in [0.05, 0.1) is 18.4 Å². The molecule has 26 heavy (non-hydrogen) atoms. The molecule has 0 radical (unpaired) electrons. The lowest BCUT2D eigenvalue weighted by molar-refractivity contribution is 0.0600.